The third kappa shape index (κ3) is 2.79. The summed E-state index contributed by atoms with van der Waals surface area (Å²) < 4.78 is 0. The van der Waals surface area contributed by atoms with Crippen LogP contribution >= 0.6 is 11.6 Å². The quantitative estimate of drug-likeness (QED) is 0.875. The zero-order valence-corrected chi connectivity index (χ0v) is 10.4. The second-order valence-corrected chi connectivity index (χ2v) is 4.78. The summed E-state index contributed by atoms with van der Waals surface area (Å²) in [4.78, 5) is 26.6. The number of halogens is 1. The highest BCUT2D eigenvalue weighted by atomic mass is 35.5. The van der Waals surface area contributed by atoms with Gasteiger partial charge in [0, 0.05) is 18.4 Å². The lowest BCUT2D eigenvalue weighted by molar-refractivity contribution is -0.141. The largest absolute Gasteiger partial charge is 0.481 e. The molecule has 0 saturated heterocycles. The second kappa shape index (κ2) is 5.35. The van der Waals surface area contributed by atoms with Gasteiger partial charge in [0.15, 0.2) is 0 Å². The Balaban J connectivity index is 1.97. The molecule has 2 rings (SSSR count). The van der Waals surface area contributed by atoms with Crippen molar-refractivity contribution >= 4 is 23.5 Å². The van der Waals surface area contributed by atoms with Crippen LogP contribution < -0.4 is 5.32 Å². The van der Waals surface area contributed by atoms with Crippen LogP contribution in [0.3, 0.4) is 0 Å². The van der Waals surface area contributed by atoms with Crippen LogP contribution in [0, 0.1) is 5.92 Å². The minimum Gasteiger partial charge on any atom is -0.481 e. The zero-order valence-electron chi connectivity index (χ0n) is 9.60. The number of carboxylic acids is 1. The van der Waals surface area contributed by atoms with Gasteiger partial charge in [-0.3, -0.25) is 14.6 Å². The Bertz CT molecular complexity index is 478. The van der Waals surface area contributed by atoms with E-state index in [0.717, 1.165) is 0 Å². The van der Waals surface area contributed by atoms with E-state index in [-0.39, 0.29) is 17.9 Å². The number of hydrogen-bond donors (Lipinski definition) is 2. The smallest absolute Gasteiger partial charge is 0.306 e. The first-order valence-corrected chi connectivity index (χ1v) is 6.09. The van der Waals surface area contributed by atoms with Gasteiger partial charge in [0.1, 0.15) is 0 Å². The first-order chi connectivity index (χ1) is 8.58. The number of pyridine rings is 1. The molecule has 1 aliphatic rings. The molecule has 0 aromatic carbocycles. The van der Waals surface area contributed by atoms with Gasteiger partial charge < -0.3 is 10.4 Å². The minimum atomic E-state index is -0.800. The molecule has 2 N–H and O–H groups in total. The van der Waals surface area contributed by atoms with E-state index in [1.165, 1.54) is 12.4 Å². The highest BCUT2D eigenvalue weighted by Crippen LogP contribution is 2.26. The van der Waals surface area contributed by atoms with Crippen LogP contribution in [0.15, 0.2) is 18.5 Å². The fourth-order valence-corrected chi connectivity index (χ4v) is 2.34. The Labute approximate surface area is 109 Å². The van der Waals surface area contributed by atoms with Gasteiger partial charge in [-0.25, -0.2) is 0 Å². The molecule has 1 aromatic rings. The number of carbonyl (C=O) groups is 2. The molecule has 1 aliphatic carbocycles. The molecule has 0 spiro atoms. The van der Waals surface area contributed by atoms with E-state index in [0.29, 0.717) is 29.8 Å². The summed E-state index contributed by atoms with van der Waals surface area (Å²) >= 11 is 5.89. The fourth-order valence-electron chi connectivity index (χ4n) is 2.14. The predicted molar refractivity (Wildman–Crippen MR) is 65.5 cm³/mol. The Morgan fingerprint density at radius 3 is 2.83 bits per heavy atom. The molecule has 6 heteroatoms. The number of amides is 1. The van der Waals surface area contributed by atoms with Crippen LogP contribution in [0.1, 0.15) is 29.6 Å². The number of carboxylic acid groups (broad SMARTS) is 1. The molecular weight excluding hydrogens is 256 g/mol. The van der Waals surface area contributed by atoms with Gasteiger partial charge in [-0.1, -0.05) is 11.6 Å². The van der Waals surface area contributed by atoms with Crippen molar-refractivity contribution in [1.82, 2.24) is 10.3 Å². The van der Waals surface area contributed by atoms with Crippen molar-refractivity contribution in [2.24, 2.45) is 5.92 Å². The lowest BCUT2D eigenvalue weighted by atomic mass is 10.1. The van der Waals surface area contributed by atoms with Gasteiger partial charge in [-0.15, -0.1) is 0 Å². The average Bonchev–Trinajstić information content (AvgIpc) is 2.78. The number of aliphatic carboxylic acids is 1. The van der Waals surface area contributed by atoms with E-state index in [9.17, 15) is 9.59 Å². The molecule has 0 aliphatic heterocycles. The maximum absolute atomic E-state index is 11.9. The summed E-state index contributed by atoms with van der Waals surface area (Å²) in [7, 11) is 0. The lowest BCUT2D eigenvalue weighted by Crippen LogP contribution is -2.33. The molecule has 2 atom stereocenters. The van der Waals surface area contributed by atoms with Crippen molar-refractivity contribution in [2.75, 3.05) is 0 Å². The van der Waals surface area contributed by atoms with E-state index >= 15 is 0 Å². The highest BCUT2D eigenvalue weighted by Gasteiger charge is 2.30. The third-order valence-corrected chi connectivity index (χ3v) is 3.46. The molecule has 0 radical (unpaired) electrons. The molecule has 1 aromatic heterocycles. The average molecular weight is 269 g/mol. The van der Waals surface area contributed by atoms with Gasteiger partial charge in [-0.05, 0) is 25.3 Å². The topological polar surface area (TPSA) is 79.3 Å². The monoisotopic (exact) mass is 268 g/mol. The van der Waals surface area contributed by atoms with Gasteiger partial charge in [-0.2, -0.15) is 0 Å². The Morgan fingerprint density at radius 1 is 1.44 bits per heavy atom. The second-order valence-electron chi connectivity index (χ2n) is 4.37. The first-order valence-electron chi connectivity index (χ1n) is 5.71. The van der Waals surface area contributed by atoms with Crippen molar-refractivity contribution in [3.8, 4) is 0 Å². The van der Waals surface area contributed by atoms with Crippen LogP contribution in [0.5, 0.6) is 0 Å². The van der Waals surface area contributed by atoms with Crippen molar-refractivity contribution in [3.05, 3.63) is 29.0 Å². The van der Waals surface area contributed by atoms with E-state index in [4.69, 9.17) is 16.7 Å². The van der Waals surface area contributed by atoms with E-state index in [1.807, 2.05) is 0 Å². The standard InChI is InChI=1S/C12H13ClN2O3/c13-10-3-4-14-6-9(10)11(16)15-8-2-1-7(5-8)12(17)18/h3-4,6-8H,1-2,5H2,(H,15,16)(H,17,18)/t7-,8+/m1/s1. The molecular formula is C12H13ClN2O3. The van der Waals surface area contributed by atoms with Crippen LogP contribution in [0.25, 0.3) is 0 Å². The van der Waals surface area contributed by atoms with Gasteiger partial charge in [0.2, 0.25) is 0 Å². The number of aromatic nitrogens is 1. The molecule has 1 amide bonds. The SMILES string of the molecule is O=C(N[C@H]1CC[C@@H](C(=O)O)C1)c1cnccc1Cl. The minimum absolute atomic E-state index is 0.102. The molecule has 1 saturated carbocycles. The third-order valence-electron chi connectivity index (χ3n) is 3.13. The number of nitrogens with zero attached hydrogens (tertiary/aromatic N) is 1. The van der Waals surface area contributed by atoms with E-state index < -0.39 is 5.97 Å². The lowest BCUT2D eigenvalue weighted by Gasteiger charge is -2.12. The molecule has 96 valence electrons. The molecule has 1 heterocycles. The number of nitrogens with one attached hydrogen (secondary N) is 1. The highest BCUT2D eigenvalue weighted by molar-refractivity contribution is 6.33. The van der Waals surface area contributed by atoms with Crippen molar-refractivity contribution in [2.45, 2.75) is 25.3 Å². The molecule has 18 heavy (non-hydrogen) atoms. The van der Waals surface area contributed by atoms with Crippen molar-refractivity contribution in [1.29, 1.82) is 0 Å². The van der Waals surface area contributed by atoms with Crippen molar-refractivity contribution < 1.29 is 14.7 Å². The number of rotatable bonds is 3. The van der Waals surface area contributed by atoms with Crippen LogP contribution in [-0.2, 0) is 4.79 Å². The molecule has 0 bridgehead atoms. The summed E-state index contributed by atoms with van der Waals surface area (Å²) in [6, 6.07) is 1.44. The molecule has 1 fully saturated rings. The normalized spacial score (nSPS) is 22.7. The fraction of sp³-hybridized carbons (Fsp3) is 0.417. The van der Waals surface area contributed by atoms with Crippen LogP contribution in [-0.4, -0.2) is 28.0 Å². The first kappa shape index (κ1) is 12.8. The summed E-state index contributed by atoms with van der Waals surface area (Å²) in [6.07, 6.45) is 4.66. The van der Waals surface area contributed by atoms with Crippen LogP contribution in [0.2, 0.25) is 5.02 Å². The van der Waals surface area contributed by atoms with Crippen molar-refractivity contribution in [3.63, 3.8) is 0 Å². The summed E-state index contributed by atoms with van der Waals surface area (Å²) in [5, 5.41) is 12.0. The Kier molecular flexibility index (Phi) is 3.81. The Morgan fingerprint density at radius 2 is 2.22 bits per heavy atom. The van der Waals surface area contributed by atoms with Crippen LogP contribution in [0.4, 0.5) is 0 Å². The number of carbonyl (C=O) groups excluding carboxylic acids is 1. The van der Waals surface area contributed by atoms with Gasteiger partial charge in [0.25, 0.3) is 5.91 Å². The van der Waals surface area contributed by atoms with Gasteiger partial charge >= 0.3 is 5.97 Å². The summed E-state index contributed by atoms with van der Waals surface area (Å²) in [6.45, 7) is 0. The molecule has 5 nitrogen and oxygen atoms in total. The zero-order chi connectivity index (χ0) is 13.1. The molecule has 0 unspecified atom stereocenters. The predicted octanol–water partition coefficient (Wildman–Crippen LogP) is 1.72. The van der Waals surface area contributed by atoms with E-state index in [2.05, 4.69) is 10.3 Å². The summed E-state index contributed by atoms with van der Waals surface area (Å²) in [5.41, 5.74) is 0.318. The maximum Gasteiger partial charge on any atom is 0.306 e. The maximum atomic E-state index is 11.9. The summed E-state index contributed by atoms with van der Waals surface area (Å²) in [5.74, 6) is -1.46. The number of hydrogen-bond acceptors (Lipinski definition) is 3. The van der Waals surface area contributed by atoms with E-state index in [1.54, 1.807) is 6.07 Å². The van der Waals surface area contributed by atoms with Gasteiger partial charge in [0.05, 0.1) is 16.5 Å². The Hall–Kier alpha value is -1.62.